The van der Waals surface area contributed by atoms with Gasteiger partial charge in [0.25, 0.3) is 0 Å². The van der Waals surface area contributed by atoms with Gasteiger partial charge in [-0.2, -0.15) is 0 Å². The third-order valence-electron chi connectivity index (χ3n) is 2.32. The molecule has 0 saturated carbocycles. The van der Waals surface area contributed by atoms with Crippen LogP contribution in [-0.4, -0.2) is 17.7 Å². The number of benzene rings is 1. The third kappa shape index (κ3) is 4.82. The number of esters is 1. The SMILES string of the molecule is CCCCOC(=O)CCc1ccc(O)cc1. The van der Waals surface area contributed by atoms with Crippen LogP contribution >= 0.6 is 0 Å². The van der Waals surface area contributed by atoms with Gasteiger partial charge in [-0.1, -0.05) is 25.5 Å². The van der Waals surface area contributed by atoms with Crippen molar-refractivity contribution in [2.24, 2.45) is 0 Å². The summed E-state index contributed by atoms with van der Waals surface area (Å²) in [5.41, 5.74) is 1.03. The fourth-order valence-electron chi connectivity index (χ4n) is 1.31. The number of ether oxygens (including phenoxy) is 1. The molecule has 0 radical (unpaired) electrons. The Morgan fingerprint density at radius 2 is 2.00 bits per heavy atom. The summed E-state index contributed by atoms with van der Waals surface area (Å²) in [5, 5.41) is 9.09. The van der Waals surface area contributed by atoms with Gasteiger partial charge in [-0.3, -0.25) is 4.79 Å². The van der Waals surface area contributed by atoms with Crippen molar-refractivity contribution in [2.75, 3.05) is 6.61 Å². The second-order valence-electron chi connectivity index (χ2n) is 3.74. The summed E-state index contributed by atoms with van der Waals surface area (Å²) < 4.78 is 5.04. The Bertz CT molecular complexity index is 316. The highest BCUT2D eigenvalue weighted by atomic mass is 16.5. The Balaban J connectivity index is 2.23. The minimum atomic E-state index is -0.151. The Hall–Kier alpha value is -1.51. The standard InChI is InChI=1S/C13H18O3/c1-2-3-10-16-13(15)9-6-11-4-7-12(14)8-5-11/h4-5,7-8,14H,2-3,6,9-10H2,1H3. The van der Waals surface area contributed by atoms with E-state index in [1.807, 2.05) is 12.1 Å². The predicted octanol–water partition coefficient (Wildman–Crippen LogP) is 2.67. The molecule has 3 nitrogen and oxygen atoms in total. The summed E-state index contributed by atoms with van der Waals surface area (Å²) in [6, 6.07) is 6.87. The van der Waals surface area contributed by atoms with Crippen molar-refractivity contribution in [1.29, 1.82) is 0 Å². The molecule has 0 unspecified atom stereocenters. The molecule has 0 atom stereocenters. The number of aryl methyl sites for hydroxylation is 1. The van der Waals surface area contributed by atoms with Crippen molar-refractivity contribution >= 4 is 5.97 Å². The maximum Gasteiger partial charge on any atom is 0.306 e. The number of unbranched alkanes of at least 4 members (excludes halogenated alkanes) is 1. The second kappa shape index (κ2) is 6.88. The monoisotopic (exact) mass is 222 g/mol. The predicted molar refractivity (Wildman–Crippen MR) is 62.3 cm³/mol. The second-order valence-corrected chi connectivity index (χ2v) is 3.74. The average Bonchev–Trinajstić information content (AvgIpc) is 2.29. The normalized spacial score (nSPS) is 10.1. The number of carbonyl (C=O) groups excluding carboxylic acids is 1. The number of phenolic OH excluding ortho intramolecular Hbond substituents is 1. The van der Waals surface area contributed by atoms with Gasteiger partial charge in [-0.15, -0.1) is 0 Å². The van der Waals surface area contributed by atoms with Crippen molar-refractivity contribution in [3.8, 4) is 5.75 Å². The molecule has 1 rings (SSSR count). The van der Waals surface area contributed by atoms with Gasteiger partial charge in [0, 0.05) is 6.42 Å². The summed E-state index contributed by atoms with van der Waals surface area (Å²) in [6.45, 7) is 2.58. The molecular formula is C13H18O3. The van der Waals surface area contributed by atoms with E-state index in [9.17, 15) is 4.79 Å². The summed E-state index contributed by atoms with van der Waals surface area (Å²) in [4.78, 5) is 11.3. The van der Waals surface area contributed by atoms with Gasteiger partial charge in [0.15, 0.2) is 0 Å². The van der Waals surface area contributed by atoms with E-state index in [-0.39, 0.29) is 11.7 Å². The van der Waals surface area contributed by atoms with Crippen LogP contribution in [0.2, 0.25) is 0 Å². The summed E-state index contributed by atoms with van der Waals surface area (Å²) >= 11 is 0. The molecule has 0 aliphatic heterocycles. The van der Waals surface area contributed by atoms with Crippen molar-refractivity contribution in [1.82, 2.24) is 0 Å². The van der Waals surface area contributed by atoms with E-state index in [1.54, 1.807) is 12.1 Å². The number of carbonyl (C=O) groups is 1. The lowest BCUT2D eigenvalue weighted by Gasteiger charge is -2.04. The fourth-order valence-corrected chi connectivity index (χ4v) is 1.31. The van der Waals surface area contributed by atoms with Crippen LogP contribution in [-0.2, 0) is 16.0 Å². The molecule has 0 aromatic heterocycles. The Kier molecular flexibility index (Phi) is 5.40. The van der Waals surface area contributed by atoms with Crippen LogP contribution in [0.4, 0.5) is 0 Å². The zero-order valence-electron chi connectivity index (χ0n) is 9.61. The molecule has 1 aromatic rings. The first kappa shape index (κ1) is 12.6. The first-order valence-corrected chi connectivity index (χ1v) is 5.66. The largest absolute Gasteiger partial charge is 0.508 e. The van der Waals surface area contributed by atoms with E-state index in [4.69, 9.17) is 9.84 Å². The minimum Gasteiger partial charge on any atom is -0.508 e. The van der Waals surface area contributed by atoms with Gasteiger partial charge < -0.3 is 9.84 Å². The maximum absolute atomic E-state index is 11.3. The van der Waals surface area contributed by atoms with Gasteiger partial charge in [0.1, 0.15) is 5.75 Å². The molecule has 0 aliphatic rings. The van der Waals surface area contributed by atoms with Crippen molar-refractivity contribution in [3.05, 3.63) is 29.8 Å². The van der Waals surface area contributed by atoms with Crippen LogP contribution in [0.25, 0.3) is 0 Å². The maximum atomic E-state index is 11.3. The summed E-state index contributed by atoms with van der Waals surface area (Å²) in [5.74, 6) is 0.0933. The molecule has 88 valence electrons. The lowest BCUT2D eigenvalue weighted by atomic mass is 10.1. The molecule has 0 amide bonds. The third-order valence-corrected chi connectivity index (χ3v) is 2.32. The van der Waals surface area contributed by atoms with Crippen LogP contribution in [0.5, 0.6) is 5.75 Å². The molecule has 0 saturated heterocycles. The Morgan fingerprint density at radius 3 is 2.62 bits per heavy atom. The quantitative estimate of drug-likeness (QED) is 0.594. The van der Waals surface area contributed by atoms with Gasteiger partial charge in [0.05, 0.1) is 6.61 Å². The highest BCUT2D eigenvalue weighted by Crippen LogP contribution is 2.11. The molecular weight excluding hydrogens is 204 g/mol. The summed E-state index contributed by atoms with van der Waals surface area (Å²) in [6.07, 6.45) is 3.01. The molecule has 0 heterocycles. The van der Waals surface area contributed by atoms with Crippen molar-refractivity contribution in [3.63, 3.8) is 0 Å². The molecule has 0 spiro atoms. The lowest BCUT2D eigenvalue weighted by Crippen LogP contribution is -2.06. The zero-order chi connectivity index (χ0) is 11.8. The van der Waals surface area contributed by atoms with Crippen molar-refractivity contribution < 1.29 is 14.6 Å². The topological polar surface area (TPSA) is 46.5 Å². The molecule has 1 aromatic carbocycles. The Morgan fingerprint density at radius 1 is 1.31 bits per heavy atom. The molecule has 0 fully saturated rings. The highest BCUT2D eigenvalue weighted by molar-refractivity contribution is 5.69. The average molecular weight is 222 g/mol. The first-order valence-electron chi connectivity index (χ1n) is 5.66. The number of hydrogen-bond donors (Lipinski definition) is 1. The molecule has 16 heavy (non-hydrogen) atoms. The van der Waals surface area contributed by atoms with Crippen LogP contribution in [0.3, 0.4) is 0 Å². The number of phenols is 1. The van der Waals surface area contributed by atoms with Gasteiger partial charge in [-0.05, 0) is 30.5 Å². The molecule has 0 aliphatic carbocycles. The van der Waals surface area contributed by atoms with E-state index in [2.05, 4.69) is 6.92 Å². The number of rotatable bonds is 6. The first-order chi connectivity index (χ1) is 7.72. The number of aromatic hydroxyl groups is 1. The van der Waals surface area contributed by atoms with Crippen molar-refractivity contribution in [2.45, 2.75) is 32.6 Å². The fraction of sp³-hybridized carbons (Fsp3) is 0.462. The van der Waals surface area contributed by atoms with Crippen LogP contribution in [0.1, 0.15) is 31.7 Å². The van der Waals surface area contributed by atoms with Crippen LogP contribution < -0.4 is 0 Å². The number of hydrogen-bond acceptors (Lipinski definition) is 3. The van der Waals surface area contributed by atoms with E-state index in [1.165, 1.54) is 0 Å². The van der Waals surface area contributed by atoms with E-state index < -0.39 is 0 Å². The zero-order valence-corrected chi connectivity index (χ0v) is 9.61. The van der Waals surface area contributed by atoms with Gasteiger partial charge >= 0.3 is 5.97 Å². The van der Waals surface area contributed by atoms with Crippen LogP contribution in [0, 0.1) is 0 Å². The van der Waals surface area contributed by atoms with Crippen LogP contribution in [0.15, 0.2) is 24.3 Å². The lowest BCUT2D eigenvalue weighted by molar-refractivity contribution is -0.143. The van der Waals surface area contributed by atoms with E-state index in [0.717, 1.165) is 18.4 Å². The summed E-state index contributed by atoms with van der Waals surface area (Å²) in [7, 11) is 0. The minimum absolute atomic E-state index is 0.151. The van der Waals surface area contributed by atoms with Gasteiger partial charge in [0.2, 0.25) is 0 Å². The molecule has 0 bridgehead atoms. The van der Waals surface area contributed by atoms with E-state index in [0.29, 0.717) is 19.4 Å². The molecule has 3 heteroatoms. The molecule has 1 N–H and O–H groups in total. The van der Waals surface area contributed by atoms with Gasteiger partial charge in [-0.25, -0.2) is 0 Å². The van der Waals surface area contributed by atoms with E-state index >= 15 is 0 Å². The smallest absolute Gasteiger partial charge is 0.306 e. The Labute approximate surface area is 96.1 Å². The highest BCUT2D eigenvalue weighted by Gasteiger charge is 2.03.